The highest BCUT2D eigenvalue weighted by Gasteiger charge is 2.14. The number of hydrogen-bond donors (Lipinski definition) is 1. The predicted molar refractivity (Wildman–Crippen MR) is 195 cm³/mol. The molecule has 0 heterocycles. The molecule has 0 aromatic heterocycles. The molecule has 0 bridgehead atoms. The number of ether oxygens (including phenoxy) is 3. The van der Waals surface area contributed by atoms with Crippen LogP contribution in [0.25, 0.3) is 0 Å². The largest absolute Gasteiger partial charge is 0.462 e. The maximum absolute atomic E-state index is 12.4. The quantitative estimate of drug-likeness (QED) is 0.0312. The Morgan fingerprint density at radius 3 is 1.40 bits per heavy atom. The van der Waals surface area contributed by atoms with Crippen LogP contribution in [0.4, 0.5) is 0 Å². The minimum atomic E-state index is -0.109. The summed E-state index contributed by atoms with van der Waals surface area (Å²) in [6.07, 6.45) is 34.4. The fourth-order valence-corrected chi connectivity index (χ4v) is 5.44. The van der Waals surface area contributed by atoms with Gasteiger partial charge in [0.1, 0.15) is 19.3 Å². The molecule has 0 aliphatic carbocycles. The SMILES string of the molecule is CCCCCC/C=C/COC(=O)CCCCCCCC(CCCCCCCC(=O)OC/C=C/CCCCCC)OC(=O)CCCNC. The van der Waals surface area contributed by atoms with Gasteiger partial charge in [-0.3, -0.25) is 14.4 Å². The lowest BCUT2D eigenvalue weighted by Crippen LogP contribution is -2.19. The first-order chi connectivity index (χ1) is 23.0. The van der Waals surface area contributed by atoms with Crippen molar-refractivity contribution in [2.24, 2.45) is 0 Å². The number of hydrogen-bond acceptors (Lipinski definition) is 7. The molecule has 0 amide bonds. The summed E-state index contributed by atoms with van der Waals surface area (Å²) in [6.45, 7) is 6.00. The van der Waals surface area contributed by atoms with Crippen LogP contribution in [0.3, 0.4) is 0 Å². The first-order valence-corrected chi connectivity index (χ1v) is 19.5. The lowest BCUT2D eigenvalue weighted by molar-refractivity contribution is -0.150. The van der Waals surface area contributed by atoms with Crippen LogP contribution >= 0.6 is 0 Å². The molecule has 0 aromatic carbocycles. The van der Waals surface area contributed by atoms with Crippen LogP contribution in [-0.2, 0) is 28.6 Å². The molecule has 0 fully saturated rings. The van der Waals surface area contributed by atoms with E-state index in [4.69, 9.17) is 14.2 Å². The van der Waals surface area contributed by atoms with Gasteiger partial charge in [0.05, 0.1) is 0 Å². The number of unbranched alkanes of at least 4 members (excludes halogenated alkanes) is 16. The van der Waals surface area contributed by atoms with Crippen molar-refractivity contribution in [3.63, 3.8) is 0 Å². The summed E-state index contributed by atoms with van der Waals surface area (Å²) >= 11 is 0. The zero-order chi connectivity index (χ0) is 34.5. The Balaban J connectivity index is 4.04. The van der Waals surface area contributed by atoms with E-state index in [1.165, 1.54) is 51.4 Å². The topological polar surface area (TPSA) is 90.9 Å². The van der Waals surface area contributed by atoms with Crippen LogP contribution in [0.1, 0.15) is 181 Å². The summed E-state index contributed by atoms with van der Waals surface area (Å²) in [5, 5.41) is 3.08. The molecule has 0 saturated carbocycles. The predicted octanol–water partition coefficient (Wildman–Crippen LogP) is 10.5. The van der Waals surface area contributed by atoms with E-state index in [-0.39, 0.29) is 24.0 Å². The van der Waals surface area contributed by atoms with Crippen LogP contribution in [0, 0.1) is 0 Å². The third-order valence-electron chi connectivity index (χ3n) is 8.38. The third-order valence-corrected chi connectivity index (χ3v) is 8.38. The average molecular weight is 664 g/mol. The Kier molecular flexibility index (Phi) is 35.0. The van der Waals surface area contributed by atoms with Crippen molar-refractivity contribution in [1.82, 2.24) is 5.32 Å². The molecule has 1 N–H and O–H groups in total. The van der Waals surface area contributed by atoms with Gasteiger partial charge in [-0.2, -0.15) is 0 Å². The zero-order valence-electron chi connectivity index (χ0n) is 30.8. The highest BCUT2D eigenvalue weighted by Crippen LogP contribution is 2.18. The van der Waals surface area contributed by atoms with Gasteiger partial charge in [0.25, 0.3) is 0 Å². The standard InChI is InChI=1S/C40H73NO6/c1-4-6-8-10-12-20-26-35-45-38(42)31-24-18-14-16-22-29-37(47-40(44)33-28-34-41-3)30-23-17-15-19-25-32-39(43)46-36-27-21-13-11-9-7-5-2/h20-21,26-27,37,41H,4-19,22-25,28-36H2,1-3H3/b26-20+,27-21+. The van der Waals surface area contributed by atoms with Gasteiger partial charge >= 0.3 is 17.9 Å². The second-order valence-corrected chi connectivity index (χ2v) is 12.9. The van der Waals surface area contributed by atoms with Gasteiger partial charge in [0.15, 0.2) is 0 Å². The van der Waals surface area contributed by atoms with Crippen molar-refractivity contribution in [3.8, 4) is 0 Å². The molecule has 0 aliphatic rings. The minimum absolute atomic E-state index is 0.0264. The van der Waals surface area contributed by atoms with Crippen molar-refractivity contribution in [2.45, 2.75) is 187 Å². The molecule has 274 valence electrons. The van der Waals surface area contributed by atoms with Gasteiger partial charge in [-0.15, -0.1) is 0 Å². The van der Waals surface area contributed by atoms with Gasteiger partial charge in [-0.1, -0.05) is 115 Å². The monoisotopic (exact) mass is 664 g/mol. The first kappa shape index (κ1) is 44.9. The summed E-state index contributed by atoms with van der Waals surface area (Å²) in [4.78, 5) is 36.3. The molecule has 0 aliphatic heterocycles. The summed E-state index contributed by atoms with van der Waals surface area (Å²) in [6, 6.07) is 0. The number of nitrogens with one attached hydrogen (secondary N) is 1. The Labute approximate surface area is 289 Å². The summed E-state index contributed by atoms with van der Waals surface area (Å²) in [5.41, 5.74) is 0. The van der Waals surface area contributed by atoms with Crippen LogP contribution in [0.5, 0.6) is 0 Å². The summed E-state index contributed by atoms with van der Waals surface area (Å²) < 4.78 is 16.5. The second-order valence-electron chi connectivity index (χ2n) is 12.9. The molecule has 7 nitrogen and oxygen atoms in total. The van der Waals surface area contributed by atoms with Crippen LogP contribution in [0.15, 0.2) is 24.3 Å². The minimum Gasteiger partial charge on any atom is -0.462 e. The van der Waals surface area contributed by atoms with Gasteiger partial charge in [0, 0.05) is 19.3 Å². The fourth-order valence-electron chi connectivity index (χ4n) is 5.44. The third kappa shape index (κ3) is 35.0. The van der Waals surface area contributed by atoms with E-state index in [1.807, 2.05) is 19.2 Å². The first-order valence-electron chi connectivity index (χ1n) is 19.5. The van der Waals surface area contributed by atoms with Gasteiger partial charge in [-0.05, 0) is 84.2 Å². The number of carbonyl (C=O) groups excluding carboxylic acids is 3. The molecule has 0 rings (SSSR count). The molecule has 47 heavy (non-hydrogen) atoms. The average Bonchev–Trinajstić information content (AvgIpc) is 3.06. The summed E-state index contributed by atoms with van der Waals surface area (Å²) in [5.74, 6) is -0.316. The van der Waals surface area contributed by atoms with E-state index in [0.29, 0.717) is 32.5 Å². The molecule has 0 spiro atoms. The Bertz CT molecular complexity index is 729. The van der Waals surface area contributed by atoms with Crippen LogP contribution in [-0.4, -0.2) is 50.8 Å². The molecule has 7 heteroatoms. The van der Waals surface area contributed by atoms with Crippen molar-refractivity contribution in [1.29, 1.82) is 0 Å². The Hall–Kier alpha value is -2.15. The highest BCUT2D eigenvalue weighted by molar-refractivity contribution is 5.70. The molecular formula is C40H73NO6. The molecule has 0 atom stereocenters. The van der Waals surface area contributed by atoms with E-state index in [1.54, 1.807) is 0 Å². The number of esters is 3. The normalized spacial score (nSPS) is 11.6. The van der Waals surface area contributed by atoms with Gasteiger partial charge in [-0.25, -0.2) is 0 Å². The molecule has 0 radical (unpaired) electrons. The maximum Gasteiger partial charge on any atom is 0.306 e. The van der Waals surface area contributed by atoms with Gasteiger partial charge in [0.2, 0.25) is 0 Å². The van der Waals surface area contributed by atoms with Crippen LogP contribution < -0.4 is 5.32 Å². The molecule has 0 aromatic rings. The number of carbonyl (C=O) groups is 3. The molecular weight excluding hydrogens is 590 g/mol. The number of allylic oxidation sites excluding steroid dienone is 2. The highest BCUT2D eigenvalue weighted by atomic mass is 16.5. The lowest BCUT2D eigenvalue weighted by atomic mass is 10.0. The molecule has 0 saturated heterocycles. The lowest BCUT2D eigenvalue weighted by Gasteiger charge is -2.18. The zero-order valence-corrected chi connectivity index (χ0v) is 30.8. The second kappa shape index (κ2) is 36.7. The van der Waals surface area contributed by atoms with E-state index in [9.17, 15) is 14.4 Å². The van der Waals surface area contributed by atoms with Crippen molar-refractivity contribution in [2.75, 3.05) is 26.8 Å². The summed E-state index contributed by atoms with van der Waals surface area (Å²) in [7, 11) is 1.89. The van der Waals surface area contributed by atoms with Crippen molar-refractivity contribution in [3.05, 3.63) is 24.3 Å². The van der Waals surface area contributed by atoms with E-state index in [2.05, 4.69) is 31.3 Å². The Morgan fingerprint density at radius 2 is 0.936 bits per heavy atom. The smallest absolute Gasteiger partial charge is 0.306 e. The van der Waals surface area contributed by atoms with Crippen LogP contribution in [0.2, 0.25) is 0 Å². The molecule has 0 unspecified atom stereocenters. The van der Waals surface area contributed by atoms with Crippen molar-refractivity contribution < 1.29 is 28.6 Å². The Morgan fingerprint density at radius 1 is 0.511 bits per heavy atom. The van der Waals surface area contributed by atoms with Gasteiger partial charge < -0.3 is 19.5 Å². The van der Waals surface area contributed by atoms with Crippen molar-refractivity contribution >= 4 is 17.9 Å². The van der Waals surface area contributed by atoms with E-state index in [0.717, 1.165) is 103 Å². The van der Waals surface area contributed by atoms with E-state index >= 15 is 0 Å². The number of rotatable bonds is 35. The van der Waals surface area contributed by atoms with E-state index < -0.39 is 0 Å². The maximum atomic E-state index is 12.4. The fraction of sp³-hybridized carbons (Fsp3) is 0.825.